The largest absolute Gasteiger partial charge is 0.496 e. The Labute approximate surface area is 132 Å². The Hall–Kier alpha value is -3.16. The molecule has 0 saturated heterocycles. The molecule has 2 N–H and O–H groups in total. The van der Waals surface area contributed by atoms with Crippen molar-refractivity contribution in [1.29, 1.82) is 0 Å². The van der Waals surface area contributed by atoms with Gasteiger partial charge < -0.3 is 10.1 Å². The molecule has 0 unspecified atom stereocenters. The quantitative estimate of drug-likeness (QED) is 0.749. The van der Waals surface area contributed by atoms with Crippen molar-refractivity contribution in [2.24, 2.45) is 0 Å². The summed E-state index contributed by atoms with van der Waals surface area (Å²) in [5.41, 5.74) is 1.62. The number of H-pyrrole nitrogens is 1. The van der Waals surface area contributed by atoms with E-state index in [0.717, 1.165) is 17.0 Å². The van der Waals surface area contributed by atoms with Gasteiger partial charge in [-0.3, -0.25) is 9.89 Å². The number of carbonyl (C=O) groups excluding carboxylic acids is 1. The highest BCUT2D eigenvalue weighted by Gasteiger charge is 2.17. The molecule has 0 spiro atoms. The van der Waals surface area contributed by atoms with Gasteiger partial charge in [0.2, 0.25) is 5.91 Å². The van der Waals surface area contributed by atoms with E-state index in [-0.39, 0.29) is 5.91 Å². The number of aromatic nitrogens is 5. The van der Waals surface area contributed by atoms with Crippen molar-refractivity contribution < 1.29 is 9.53 Å². The lowest BCUT2D eigenvalue weighted by Gasteiger charge is -2.10. The number of rotatable bonds is 5. The normalized spacial score (nSPS) is 11.9. The first-order chi connectivity index (χ1) is 11.2. The maximum Gasteiger partial charge on any atom is 0.250 e. The average molecular weight is 312 g/mol. The lowest BCUT2D eigenvalue weighted by Crippen LogP contribution is -2.24. The Balaban J connectivity index is 1.76. The van der Waals surface area contributed by atoms with Gasteiger partial charge in [0.25, 0.3) is 0 Å². The van der Waals surface area contributed by atoms with Crippen molar-refractivity contribution in [2.75, 3.05) is 12.4 Å². The topological polar surface area (TPSA) is 97.7 Å². The monoisotopic (exact) mass is 312 g/mol. The molecule has 0 radical (unpaired) electrons. The number of anilines is 1. The molecule has 118 valence electrons. The Morgan fingerprint density at radius 3 is 2.96 bits per heavy atom. The molecule has 0 aliphatic heterocycles. The van der Waals surface area contributed by atoms with E-state index >= 15 is 0 Å². The van der Waals surface area contributed by atoms with E-state index in [1.807, 2.05) is 24.3 Å². The first kappa shape index (κ1) is 14.8. The van der Waals surface area contributed by atoms with Gasteiger partial charge in [-0.25, -0.2) is 9.67 Å². The fourth-order valence-corrected chi connectivity index (χ4v) is 2.16. The molecular formula is C15H16N6O2. The molecule has 1 aromatic carbocycles. The predicted octanol–water partition coefficient (Wildman–Crippen LogP) is 1.88. The van der Waals surface area contributed by atoms with E-state index < -0.39 is 6.04 Å². The van der Waals surface area contributed by atoms with Gasteiger partial charge in [0.1, 0.15) is 24.4 Å². The van der Waals surface area contributed by atoms with E-state index in [1.54, 1.807) is 20.1 Å². The van der Waals surface area contributed by atoms with Crippen molar-refractivity contribution >= 4 is 11.7 Å². The van der Waals surface area contributed by atoms with Crippen LogP contribution < -0.4 is 10.1 Å². The van der Waals surface area contributed by atoms with Crippen LogP contribution in [0.15, 0.2) is 43.0 Å². The van der Waals surface area contributed by atoms with Crippen LogP contribution in [0.4, 0.5) is 5.82 Å². The molecule has 0 aliphatic rings. The van der Waals surface area contributed by atoms with Gasteiger partial charge in [-0.15, -0.1) is 0 Å². The van der Waals surface area contributed by atoms with Crippen molar-refractivity contribution in [1.82, 2.24) is 25.0 Å². The van der Waals surface area contributed by atoms with Crippen LogP contribution in [0.3, 0.4) is 0 Å². The number of hydrogen-bond donors (Lipinski definition) is 2. The lowest BCUT2D eigenvalue weighted by atomic mass is 10.1. The summed E-state index contributed by atoms with van der Waals surface area (Å²) in [6, 6.07) is 8.84. The number of benzene rings is 1. The van der Waals surface area contributed by atoms with E-state index in [2.05, 4.69) is 25.6 Å². The number of para-hydroxylation sites is 1. The molecular weight excluding hydrogens is 296 g/mol. The van der Waals surface area contributed by atoms with Gasteiger partial charge in [-0.05, 0) is 19.1 Å². The lowest BCUT2D eigenvalue weighted by molar-refractivity contribution is -0.119. The van der Waals surface area contributed by atoms with Crippen LogP contribution in [0.1, 0.15) is 13.0 Å². The zero-order chi connectivity index (χ0) is 16.2. The number of methoxy groups -OCH3 is 1. The van der Waals surface area contributed by atoms with Crippen molar-refractivity contribution in [3.05, 3.63) is 43.0 Å². The van der Waals surface area contributed by atoms with Crippen LogP contribution in [0.2, 0.25) is 0 Å². The molecule has 1 amide bonds. The third kappa shape index (κ3) is 3.05. The van der Waals surface area contributed by atoms with Gasteiger partial charge in [0.05, 0.1) is 12.8 Å². The molecule has 3 aromatic rings. The van der Waals surface area contributed by atoms with E-state index in [1.165, 1.54) is 17.3 Å². The number of nitrogens with zero attached hydrogens (tertiary/aromatic N) is 4. The van der Waals surface area contributed by atoms with Crippen LogP contribution >= 0.6 is 0 Å². The summed E-state index contributed by atoms with van der Waals surface area (Å²) in [5, 5.41) is 13.7. The minimum absolute atomic E-state index is 0.228. The first-order valence-corrected chi connectivity index (χ1v) is 7.03. The molecule has 8 heteroatoms. The molecule has 8 nitrogen and oxygen atoms in total. The fraction of sp³-hybridized carbons (Fsp3) is 0.200. The number of carbonyl (C=O) groups is 1. The first-order valence-electron chi connectivity index (χ1n) is 7.03. The Kier molecular flexibility index (Phi) is 4.05. The SMILES string of the molecule is COc1ccccc1-c1cc(NC(=O)[C@@H](C)n2cncn2)n[nH]1. The Morgan fingerprint density at radius 1 is 1.39 bits per heavy atom. The Morgan fingerprint density at radius 2 is 2.22 bits per heavy atom. The van der Waals surface area contributed by atoms with E-state index in [4.69, 9.17) is 4.74 Å². The highest BCUT2D eigenvalue weighted by Crippen LogP contribution is 2.29. The summed E-state index contributed by atoms with van der Waals surface area (Å²) in [4.78, 5) is 16.0. The minimum Gasteiger partial charge on any atom is -0.496 e. The standard InChI is InChI=1S/C15H16N6O2/c1-10(21-9-16-8-17-21)15(22)18-14-7-12(19-20-14)11-5-3-4-6-13(11)23-2/h3-10H,1-2H3,(H2,18,19,20,22)/t10-/m1/s1. The molecule has 3 rings (SSSR count). The number of amides is 1. The van der Waals surface area contributed by atoms with E-state index in [0.29, 0.717) is 5.82 Å². The maximum absolute atomic E-state index is 12.2. The number of hydrogen-bond acceptors (Lipinski definition) is 5. The second-order valence-electron chi connectivity index (χ2n) is 4.91. The second kappa shape index (κ2) is 6.30. The van der Waals surface area contributed by atoms with Gasteiger partial charge in [0, 0.05) is 11.6 Å². The zero-order valence-corrected chi connectivity index (χ0v) is 12.7. The molecule has 0 saturated carbocycles. The number of ether oxygens (including phenoxy) is 1. The molecule has 0 fully saturated rings. The van der Waals surface area contributed by atoms with Crippen LogP contribution in [0.25, 0.3) is 11.3 Å². The summed E-state index contributed by atoms with van der Waals surface area (Å²) in [6.07, 6.45) is 2.88. The molecule has 2 heterocycles. The van der Waals surface area contributed by atoms with Crippen LogP contribution in [0.5, 0.6) is 5.75 Å². The van der Waals surface area contributed by atoms with Gasteiger partial charge >= 0.3 is 0 Å². The molecule has 23 heavy (non-hydrogen) atoms. The summed E-state index contributed by atoms with van der Waals surface area (Å²) in [7, 11) is 1.61. The van der Waals surface area contributed by atoms with Crippen molar-refractivity contribution in [3.63, 3.8) is 0 Å². The van der Waals surface area contributed by atoms with Gasteiger partial charge in [-0.1, -0.05) is 12.1 Å². The maximum atomic E-state index is 12.2. The highest BCUT2D eigenvalue weighted by molar-refractivity contribution is 5.93. The molecule has 0 bridgehead atoms. The van der Waals surface area contributed by atoms with Crippen LogP contribution in [-0.4, -0.2) is 38.0 Å². The fourth-order valence-electron chi connectivity index (χ4n) is 2.16. The van der Waals surface area contributed by atoms with Gasteiger partial charge in [0.15, 0.2) is 5.82 Å². The zero-order valence-electron chi connectivity index (χ0n) is 12.7. The summed E-state index contributed by atoms with van der Waals surface area (Å²) in [5.74, 6) is 0.932. The molecule has 2 aromatic heterocycles. The molecule has 1 atom stereocenters. The van der Waals surface area contributed by atoms with Crippen molar-refractivity contribution in [2.45, 2.75) is 13.0 Å². The highest BCUT2D eigenvalue weighted by atomic mass is 16.5. The smallest absolute Gasteiger partial charge is 0.250 e. The predicted molar refractivity (Wildman–Crippen MR) is 83.9 cm³/mol. The van der Waals surface area contributed by atoms with Crippen LogP contribution in [-0.2, 0) is 4.79 Å². The molecule has 0 aliphatic carbocycles. The minimum atomic E-state index is -0.482. The number of aromatic amines is 1. The second-order valence-corrected chi connectivity index (χ2v) is 4.91. The summed E-state index contributed by atoms with van der Waals surface area (Å²) >= 11 is 0. The summed E-state index contributed by atoms with van der Waals surface area (Å²) < 4.78 is 6.80. The van der Waals surface area contributed by atoms with Gasteiger partial charge in [-0.2, -0.15) is 10.2 Å². The Bertz CT molecular complexity index is 796. The van der Waals surface area contributed by atoms with Crippen LogP contribution in [0, 0.1) is 0 Å². The van der Waals surface area contributed by atoms with E-state index in [9.17, 15) is 4.79 Å². The third-order valence-corrected chi connectivity index (χ3v) is 3.44. The average Bonchev–Trinajstić information content (AvgIpc) is 3.26. The van der Waals surface area contributed by atoms with Crippen molar-refractivity contribution in [3.8, 4) is 17.0 Å². The number of nitrogens with one attached hydrogen (secondary N) is 2. The summed E-state index contributed by atoms with van der Waals surface area (Å²) in [6.45, 7) is 1.73. The third-order valence-electron chi connectivity index (χ3n) is 3.44.